The van der Waals surface area contributed by atoms with E-state index in [1.54, 1.807) is 5.54 Å². The number of rotatable bonds is 4. The van der Waals surface area contributed by atoms with Crippen molar-refractivity contribution in [2.24, 2.45) is 0 Å². The summed E-state index contributed by atoms with van der Waals surface area (Å²) in [5, 5.41) is 3.50. The second kappa shape index (κ2) is 6.44. The predicted molar refractivity (Wildman–Crippen MR) is 62.7 cm³/mol. The van der Waals surface area contributed by atoms with E-state index < -0.39 is 0 Å². The third kappa shape index (κ3) is 3.99. The Morgan fingerprint density at radius 3 is 2.64 bits per heavy atom. The summed E-state index contributed by atoms with van der Waals surface area (Å²) in [6.45, 7) is 8.77. The van der Waals surface area contributed by atoms with Gasteiger partial charge in [-0.25, -0.2) is 0 Å². The van der Waals surface area contributed by atoms with Gasteiger partial charge in [0.1, 0.15) is 0 Å². The van der Waals surface area contributed by atoms with Crippen molar-refractivity contribution in [2.45, 2.75) is 32.7 Å². The lowest BCUT2D eigenvalue weighted by atomic mass is 10.0. The molecule has 0 bridgehead atoms. The van der Waals surface area contributed by atoms with Gasteiger partial charge < -0.3 is 5.32 Å². The molecule has 0 aliphatic carbocycles. The molecule has 14 heavy (non-hydrogen) atoms. The summed E-state index contributed by atoms with van der Waals surface area (Å²) in [5.41, 5.74) is 2.95. The van der Waals surface area contributed by atoms with Gasteiger partial charge in [0.05, 0.1) is 0 Å². The zero-order valence-corrected chi connectivity index (χ0v) is 9.98. The van der Waals surface area contributed by atoms with E-state index in [9.17, 15) is 0 Å². The standard InChI is InChI=1S/C11H21ClN2/c1-3-13-11-4-6-14(7-5-11)9-10(2)8-12/h8,11,13H,3-7,9H2,1-2H3. The first kappa shape index (κ1) is 12.0. The fraction of sp³-hybridized carbons (Fsp3) is 0.818. The van der Waals surface area contributed by atoms with Crippen LogP contribution in [-0.4, -0.2) is 37.1 Å². The van der Waals surface area contributed by atoms with E-state index >= 15 is 0 Å². The molecule has 1 saturated heterocycles. The number of nitrogens with one attached hydrogen (secondary N) is 1. The van der Waals surface area contributed by atoms with Gasteiger partial charge in [0, 0.05) is 18.1 Å². The predicted octanol–water partition coefficient (Wildman–Crippen LogP) is 2.20. The van der Waals surface area contributed by atoms with Gasteiger partial charge in [-0.15, -0.1) is 0 Å². The highest BCUT2D eigenvalue weighted by Crippen LogP contribution is 2.11. The molecule has 1 aliphatic rings. The average Bonchev–Trinajstić information content (AvgIpc) is 2.21. The molecule has 0 radical (unpaired) electrons. The molecule has 0 atom stereocenters. The lowest BCUT2D eigenvalue weighted by Gasteiger charge is -2.32. The van der Waals surface area contributed by atoms with Crippen molar-refractivity contribution >= 4 is 11.6 Å². The first-order valence-corrected chi connectivity index (χ1v) is 5.91. The SMILES string of the molecule is CCNC1CCN(CC(C)=CCl)CC1. The lowest BCUT2D eigenvalue weighted by Crippen LogP contribution is -2.42. The molecule has 0 spiro atoms. The van der Waals surface area contributed by atoms with Crippen molar-refractivity contribution in [3.8, 4) is 0 Å². The number of likely N-dealkylation sites (tertiary alicyclic amines) is 1. The van der Waals surface area contributed by atoms with Crippen molar-refractivity contribution < 1.29 is 0 Å². The molecule has 3 heteroatoms. The average molecular weight is 217 g/mol. The van der Waals surface area contributed by atoms with Crippen molar-refractivity contribution in [3.63, 3.8) is 0 Å². The van der Waals surface area contributed by atoms with Gasteiger partial charge >= 0.3 is 0 Å². The van der Waals surface area contributed by atoms with E-state index in [1.165, 1.54) is 31.5 Å². The minimum atomic E-state index is 0.733. The molecule has 1 fully saturated rings. The monoisotopic (exact) mass is 216 g/mol. The summed E-state index contributed by atoms with van der Waals surface area (Å²) in [7, 11) is 0. The van der Waals surface area contributed by atoms with Crippen LogP contribution in [0, 0.1) is 0 Å². The summed E-state index contributed by atoms with van der Waals surface area (Å²) in [4.78, 5) is 2.47. The van der Waals surface area contributed by atoms with Gasteiger partial charge in [0.2, 0.25) is 0 Å². The van der Waals surface area contributed by atoms with Gasteiger partial charge in [0.25, 0.3) is 0 Å². The second-order valence-electron chi connectivity index (χ2n) is 4.06. The molecular formula is C11H21ClN2. The zero-order valence-electron chi connectivity index (χ0n) is 9.22. The molecule has 0 amide bonds. The van der Waals surface area contributed by atoms with E-state index in [0.717, 1.165) is 19.1 Å². The van der Waals surface area contributed by atoms with Gasteiger partial charge in [-0.3, -0.25) is 4.90 Å². The molecule has 1 aliphatic heterocycles. The lowest BCUT2D eigenvalue weighted by molar-refractivity contribution is 0.213. The number of piperidine rings is 1. The Bertz CT molecular complexity index is 184. The fourth-order valence-electron chi connectivity index (χ4n) is 1.97. The molecule has 1 N–H and O–H groups in total. The summed E-state index contributed by atoms with van der Waals surface area (Å²) in [5.74, 6) is 0. The van der Waals surface area contributed by atoms with Gasteiger partial charge in [0.15, 0.2) is 0 Å². The van der Waals surface area contributed by atoms with Crippen LogP contribution in [0.15, 0.2) is 11.1 Å². The van der Waals surface area contributed by atoms with Gasteiger partial charge in [-0.1, -0.05) is 18.5 Å². The Kier molecular flexibility index (Phi) is 5.53. The molecule has 2 nitrogen and oxygen atoms in total. The van der Waals surface area contributed by atoms with Crippen LogP contribution in [0.25, 0.3) is 0 Å². The molecule has 0 aromatic rings. The van der Waals surface area contributed by atoms with Crippen LogP contribution in [0.3, 0.4) is 0 Å². The van der Waals surface area contributed by atoms with E-state index in [-0.39, 0.29) is 0 Å². The van der Waals surface area contributed by atoms with E-state index in [1.807, 2.05) is 0 Å². The van der Waals surface area contributed by atoms with Crippen LogP contribution in [0.2, 0.25) is 0 Å². The van der Waals surface area contributed by atoms with Gasteiger partial charge in [-0.2, -0.15) is 0 Å². The van der Waals surface area contributed by atoms with Crippen LogP contribution >= 0.6 is 11.6 Å². The third-order valence-corrected chi connectivity index (χ3v) is 3.11. The minimum Gasteiger partial charge on any atom is -0.314 e. The fourth-order valence-corrected chi connectivity index (χ4v) is 2.04. The smallest absolute Gasteiger partial charge is 0.0201 e. The van der Waals surface area contributed by atoms with Crippen molar-refractivity contribution in [3.05, 3.63) is 11.1 Å². The molecular weight excluding hydrogens is 196 g/mol. The first-order chi connectivity index (χ1) is 6.76. The molecule has 1 rings (SSSR count). The van der Waals surface area contributed by atoms with Crippen molar-refractivity contribution in [2.75, 3.05) is 26.2 Å². The van der Waals surface area contributed by atoms with Crippen molar-refractivity contribution in [1.82, 2.24) is 10.2 Å². The molecule has 1 heterocycles. The van der Waals surface area contributed by atoms with E-state index in [0.29, 0.717) is 0 Å². The zero-order chi connectivity index (χ0) is 10.4. The summed E-state index contributed by atoms with van der Waals surface area (Å²) < 4.78 is 0. The number of hydrogen-bond acceptors (Lipinski definition) is 2. The Morgan fingerprint density at radius 2 is 2.14 bits per heavy atom. The van der Waals surface area contributed by atoms with Gasteiger partial charge in [-0.05, 0) is 45.0 Å². The van der Waals surface area contributed by atoms with Crippen LogP contribution < -0.4 is 5.32 Å². The van der Waals surface area contributed by atoms with E-state index in [2.05, 4.69) is 24.1 Å². The number of nitrogens with zero attached hydrogens (tertiary/aromatic N) is 1. The highest BCUT2D eigenvalue weighted by atomic mass is 35.5. The van der Waals surface area contributed by atoms with E-state index in [4.69, 9.17) is 11.6 Å². The number of hydrogen-bond donors (Lipinski definition) is 1. The topological polar surface area (TPSA) is 15.3 Å². The first-order valence-electron chi connectivity index (χ1n) is 5.47. The van der Waals surface area contributed by atoms with Crippen LogP contribution in [0.4, 0.5) is 0 Å². The summed E-state index contributed by atoms with van der Waals surface area (Å²) in [6.07, 6.45) is 2.53. The molecule has 0 aromatic carbocycles. The van der Waals surface area contributed by atoms with Crippen molar-refractivity contribution in [1.29, 1.82) is 0 Å². The highest BCUT2D eigenvalue weighted by Gasteiger charge is 2.17. The second-order valence-corrected chi connectivity index (χ2v) is 4.28. The summed E-state index contributed by atoms with van der Waals surface area (Å²) in [6, 6.07) is 0.733. The Hall–Kier alpha value is -0.0500. The maximum atomic E-state index is 5.65. The third-order valence-electron chi connectivity index (χ3n) is 2.74. The maximum Gasteiger partial charge on any atom is 0.0201 e. The molecule has 0 aromatic heterocycles. The molecule has 0 saturated carbocycles. The minimum absolute atomic E-state index is 0.733. The largest absolute Gasteiger partial charge is 0.314 e. The highest BCUT2D eigenvalue weighted by molar-refractivity contribution is 6.25. The number of halogens is 1. The normalized spacial score (nSPS) is 21.5. The Balaban J connectivity index is 2.22. The maximum absolute atomic E-state index is 5.65. The van der Waals surface area contributed by atoms with Crippen LogP contribution in [-0.2, 0) is 0 Å². The van der Waals surface area contributed by atoms with Crippen LogP contribution in [0.1, 0.15) is 26.7 Å². The Labute approximate surface area is 92.3 Å². The molecule has 0 unspecified atom stereocenters. The quantitative estimate of drug-likeness (QED) is 0.775. The van der Waals surface area contributed by atoms with Crippen LogP contribution in [0.5, 0.6) is 0 Å². The Morgan fingerprint density at radius 1 is 1.50 bits per heavy atom. The summed E-state index contributed by atoms with van der Waals surface area (Å²) >= 11 is 5.65. The molecule has 82 valence electrons.